The normalized spacial score (nSPS) is 10.4. The van der Waals surface area contributed by atoms with E-state index in [1.165, 1.54) is 13.1 Å². The van der Waals surface area contributed by atoms with Crippen molar-refractivity contribution >= 4 is 34.7 Å². The summed E-state index contributed by atoms with van der Waals surface area (Å²) in [6, 6.07) is 3.74. The number of amides is 1. The number of nitrogens with one attached hydrogen (secondary N) is 1. The molecule has 1 N–H and O–H groups in total. The Hall–Kier alpha value is -1.31. The van der Waals surface area contributed by atoms with Gasteiger partial charge in [0.25, 0.3) is 0 Å². The highest BCUT2D eigenvalue weighted by Crippen LogP contribution is 2.32. The second-order valence-corrected chi connectivity index (χ2v) is 4.40. The maximum Gasteiger partial charge on any atom is 0.236 e. The Morgan fingerprint density at radius 3 is 2.65 bits per heavy atom. The zero-order chi connectivity index (χ0) is 12.8. The van der Waals surface area contributed by atoms with Crippen LogP contribution < -0.4 is 14.9 Å². The van der Waals surface area contributed by atoms with E-state index in [9.17, 15) is 4.79 Å². The average Bonchev–Trinajstić information content (AvgIpc) is 2.27. The van der Waals surface area contributed by atoms with Gasteiger partial charge in [-0.2, -0.15) is 5.10 Å². The number of hydrogen-bond donors (Lipinski definition) is 1. The lowest BCUT2D eigenvalue weighted by atomic mass is 10.2. The van der Waals surface area contributed by atoms with E-state index >= 15 is 0 Å². The minimum atomic E-state index is -0.224. The fraction of sp³-hybridized carbons (Fsp3) is 0.273. The van der Waals surface area contributed by atoms with Crippen LogP contribution in [0.3, 0.4) is 0 Å². The zero-order valence-electron chi connectivity index (χ0n) is 9.78. The van der Waals surface area contributed by atoms with Crippen LogP contribution in [0, 0.1) is 3.57 Å². The molecule has 92 valence electrons. The minimum Gasteiger partial charge on any atom is -0.493 e. The molecule has 0 unspecified atom stereocenters. The van der Waals surface area contributed by atoms with E-state index in [0.717, 1.165) is 9.13 Å². The van der Waals surface area contributed by atoms with E-state index in [4.69, 9.17) is 9.47 Å². The quantitative estimate of drug-likeness (QED) is 0.513. The largest absolute Gasteiger partial charge is 0.493 e. The molecule has 6 heteroatoms. The maximum absolute atomic E-state index is 10.7. The van der Waals surface area contributed by atoms with Gasteiger partial charge in [-0.1, -0.05) is 0 Å². The molecule has 1 aromatic rings. The van der Waals surface area contributed by atoms with Gasteiger partial charge < -0.3 is 9.47 Å². The third-order valence-corrected chi connectivity index (χ3v) is 2.52. The first-order chi connectivity index (χ1) is 8.08. The Labute approximate surface area is 113 Å². The standard InChI is InChI=1S/C11H13IN2O3/c1-7(15)14-13-6-8-4-9(12)5-10(16-2)11(8)17-3/h4-6H,1-3H3,(H,14,15)/b13-6-. The van der Waals surface area contributed by atoms with Gasteiger partial charge in [0.1, 0.15) is 0 Å². The van der Waals surface area contributed by atoms with Crippen molar-refractivity contribution in [2.24, 2.45) is 5.10 Å². The second-order valence-electron chi connectivity index (χ2n) is 3.16. The first-order valence-electron chi connectivity index (χ1n) is 4.79. The van der Waals surface area contributed by atoms with Crippen molar-refractivity contribution < 1.29 is 14.3 Å². The number of halogens is 1. The SMILES string of the molecule is COc1cc(I)cc(/C=N\NC(C)=O)c1OC. The second kappa shape index (κ2) is 6.43. The molecule has 1 rings (SSSR count). The maximum atomic E-state index is 10.7. The van der Waals surface area contributed by atoms with Gasteiger partial charge in [0.15, 0.2) is 11.5 Å². The Balaban J connectivity index is 3.08. The van der Waals surface area contributed by atoms with Crippen LogP contribution in [-0.2, 0) is 4.79 Å². The Morgan fingerprint density at radius 2 is 2.12 bits per heavy atom. The molecular weight excluding hydrogens is 335 g/mol. The lowest BCUT2D eigenvalue weighted by molar-refractivity contribution is -0.118. The molecule has 0 bridgehead atoms. The first-order valence-corrected chi connectivity index (χ1v) is 5.87. The number of rotatable bonds is 4. The molecule has 0 aliphatic carbocycles. The number of methoxy groups -OCH3 is 2. The molecule has 1 aromatic carbocycles. The van der Waals surface area contributed by atoms with Crippen LogP contribution in [0.25, 0.3) is 0 Å². The molecule has 0 fully saturated rings. The lowest BCUT2D eigenvalue weighted by Crippen LogP contribution is -2.12. The molecule has 0 radical (unpaired) electrons. The van der Waals surface area contributed by atoms with Crippen LogP contribution >= 0.6 is 22.6 Å². The van der Waals surface area contributed by atoms with Crippen molar-refractivity contribution in [1.29, 1.82) is 0 Å². The molecule has 0 aliphatic rings. The predicted molar refractivity (Wildman–Crippen MR) is 73.7 cm³/mol. The van der Waals surface area contributed by atoms with E-state index < -0.39 is 0 Å². The summed E-state index contributed by atoms with van der Waals surface area (Å²) in [5, 5.41) is 3.80. The van der Waals surface area contributed by atoms with Gasteiger partial charge in [-0.05, 0) is 34.7 Å². The number of ether oxygens (including phenoxy) is 2. The topological polar surface area (TPSA) is 59.9 Å². The van der Waals surface area contributed by atoms with Crippen molar-refractivity contribution in [3.8, 4) is 11.5 Å². The molecule has 0 spiro atoms. The smallest absolute Gasteiger partial charge is 0.236 e. The van der Waals surface area contributed by atoms with Crippen LogP contribution in [0.5, 0.6) is 11.5 Å². The van der Waals surface area contributed by atoms with Gasteiger partial charge in [-0.25, -0.2) is 5.43 Å². The van der Waals surface area contributed by atoms with Crippen molar-refractivity contribution in [3.05, 3.63) is 21.3 Å². The van der Waals surface area contributed by atoms with Gasteiger partial charge in [-0.15, -0.1) is 0 Å². The molecule has 0 saturated heterocycles. The number of hydrazone groups is 1. The van der Waals surface area contributed by atoms with Gasteiger partial charge in [-0.3, -0.25) is 4.79 Å². The van der Waals surface area contributed by atoms with Gasteiger partial charge in [0.2, 0.25) is 5.91 Å². The van der Waals surface area contributed by atoms with Crippen molar-refractivity contribution in [1.82, 2.24) is 5.43 Å². The van der Waals surface area contributed by atoms with Crippen LogP contribution in [0.15, 0.2) is 17.2 Å². The Kier molecular flexibility index (Phi) is 5.20. The highest BCUT2D eigenvalue weighted by atomic mass is 127. The van der Waals surface area contributed by atoms with Crippen molar-refractivity contribution in [2.45, 2.75) is 6.92 Å². The fourth-order valence-corrected chi connectivity index (χ4v) is 1.87. The third-order valence-electron chi connectivity index (χ3n) is 1.90. The Bertz CT molecular complexity index is 447. The molecule has 0 atom stereocenters. The van der Waals surface area contributed by atoms with Crippen LogP contribution in [0.2, 0.25) is 0 Å². The van der Waals surface area contributed by atoms with Gasteiger partial charge in [0.05, 0.1) is 20.4 Å². The molecule has 0 saturated carbocycles. The van der Waals surface area contributed by atoms with Crippen LogP contribution in [-0.4, -0.2) is 26.3 Å². The van der Waals surface area contributed by atoms with E-state index in [-0.39, 0.29) is 5.91 Å². The van der Waals surface area contributed by atoms with E-state index in [2.05, 4.69) is 33.1 Å². The fourth-order valence-electron chi connectivity index (χ4n) is 1.25. The molecule has 1 amide bonds. The highest BCUT2D eigenvalue weighted by Gasteiger charge is 2.09. The number of nitrogens with zero attached hydrogens (tertiary/aromatic N) is 1. The number of benzene rings is 1. The van der Waals surface area contributed by atoms with Crippen molar-refractivity contribution in [3.63, 3.8) is 0 Å². The molecule has 0 aliphatic heterocycles. The first kappa shape index (κ1) is 13.8. The van der Waals surface area contributed by atoms with Gasteiger partial charge in [0, 0.05) is 16.1 Å². The number of carbonyl (C=O) groups excluding carboxylic acids is 1. The summed E-state index contributed by atoms with van der Waals surface area (Å²) in [5.41, 5.74) is 3.07. The van der Waals surface area contributed by atoms with Crippen molar-refractivity contribution in [2.75, 3.05) is 14.2 Å². The summed E-state index contributed by atoms with van der Waals surface area (Å²) in [7, 11) is 3.13. The summed E-state index contributed by atoms with van der Waals surface area (Å²) >= 11 is 2.17. The average molecular weight is 348 g/mol. The van der Waals surface area contributed by atoms with Crippen LogP contribution in [0.1, 0.15) is 12.5 Å². The predicted octanol–water partition coefficient (Wildman–Crippen LogP) is 1.78. The van der Waals surface area contributed by atoms with E-state index in [1.54, 1.807) is 14.2 Å². The molecule has 5 nitrogen and oxygen atoms in total. The highest BCUT2D eigenvalue weighted by molar-refractivity contribution is 14.1. The summed E-state index contributed by atoms with van der Waals surface area (Å²) in [5.74, 6) is 0.989. The Morgan fingerprint density at radius 1 is 1.41 bits per heavy atom. The minimum absolute atomic E-state index is 0.224. The summed E-state index contributed by atoms with van der Waals surface area (Å²) in [6.45, 7) is 1.39. The summed E-state index contributed by atoms with van der Waals surface area (Å²) < 4.78 is 11.4. The molecule has 0 aromatic heterocycles. The summed E-state index contributed by atoms with van der Waals surface area (Å²) in [4.78, 5) is 10.7. The third kappa shape index (κ3) is 3.88. The monoisotopic (exact) mass is 348 g/mol. The van der Waals surface area contributed by atoms with E-state index in [1.807, 2.05) is 12.1 Å². The number of carbonyl (C=O) groups is 1. The van der Waals surface area contributed by atoms with E-state index in [0.29, 0.717) is 11.5 Å². The molecular formula is C11H13IN2O3. The molecule has 0 heterocycles. The lowest BCUT2D eigenvalue weighted by Gasteiger charge is -2.10. The number of hydrogen-bond acceptors (Lipinski definition) is 4. The molecule has 17 heavy (non-hydrogen) atoms. The summed E-state index contributed by atoms with van der Waals surface area (Å²) in [6.07, 6.45) is 1.52. The van der Waals surface area contributed by atoms with Crippen LogP contribution in [0.4, 0.5) is 0 Å². The van der Waals surface area contributed by atoms with Gasteiger partial charge >= 0.3 is 0 Å². The zero-order valence-corrected chi connectivity index (χ0v) is 11.9.